The second-order valence-corrected chi connectivity index (χ2v) is 6.13. The Bertz CT molecular complexity index is 499. The molecule has 1 fully saturated rings. The predicted molar refractivity (Wildman–Crippen MR) is 83.8 cm³/mol. The number of rotatable bonds is 6. The summed E-state index contributed by atoms with van der Waals surface area (Å²) in [4.78, 5) is 12.9. The Kier molecular flexibility index (Phi) is 5.44. The zero-order chi connectivity index (χ0) is 15.5. The van der Waals surface area contributed by atoms with Crippen molar-refractivity contribution < 1.29 is 9.53 Å². The normalized spacial score (nSPS) is 17.9. The Balaban J connectivity index is 2.23. The summed E-state index contributed by atoms with van der Waals surface area (Å²) in [6.07, 6.45) is 5.28. The summed E-state index contributed by atoms with van der Waals surface area (Å²) in [5.41, 5.74) is 1.01. The first kappa shape index (κ1) is 16.5. The number of halogens is 1. The van der Waals surface area contributed by atoms with E-state index in [1.165, 1.54) is 6.42 Å². The average molecular weight is 313 g/mol. The molecule has 0 radical (unpaired) electrons. The van der Waals surface area contributed by atoms with E-state index in [0.29, 0.717) is 18.1 Å². The molecule has 0 atom stereocenters. The van der Waals surface area contributed by atoms with Crippen molar-refractivity contribution in [3.63, 3.8) is 0 Å². The first-order valence-electron chi connectivity index (χ1n) is 7.93. The second-order valence-electron chi connectivity index (χ2n) is 5.75. The Labute approximate surface area is 131 Å². The lowest BCUT2D eigenvalue weighted by molar-refractivity contribution is -0.148. The van der Waals surface area contributed by atoms with Gasteiger partial charge in [-0.15, -0.1) is 0 Å². The third-order valence-corrected chi connectivity index (χ3v) is 4.86. The molecule has 5 heteroatoms. The molecule has 1 aromatic heterocycles. The van der Waals surface area contributed by atoms with Gasteiger partial charge in [0.05, 0.1) is 22.8 Å². The maximum Gasteiger partial charge on any atom is 0.170 e. The fourth-order valence-corrected chi connectivity index (χ4v) is 3.46. The lowest BCUT2D eigenvalue weighted by atomic mass is 9.80. The van der Waals surface area contributed by atoms with Crippen LogP contribution in [0.3, 0.4) is 0 Å². The number of aryl methyl sites for hydroxylation is 2. The monoisotopic (exact) mass is 312 g/mol. The van der Waals surface area contributed by atoms with Gasteiger partial charge in [-0.2, -0.15) is 5.10 Å². The van der Waals surface area contributed by atoms with E-state index in [4.69, 9.17) is 16.3 Å². The Morgan fingerprint density at radius 3 is 2.57 bits per heavy atom. The van der Waals surface area contributed by atoms with Crippen molar-refractivity contribution in [1.29, 1.82) is 0 Å². The highest BCUT2D eigenvalue weighted by Crippen LogP contribution is 2.34. The summed E-state index contributed by atoms with van der Waals surface area (Å²) in [5, 5.41) is 5.01. The molecule has 0 N–H and O–H groups in total. The molecule has 21 heavy (non-hydrogen) atoms. The molecule has 2 rings (SSSR count). The molecule has 0 bridgehead atoms. The summed E-state index contributed by atoms with van der Waals surface area (Å²) in [7, 11) is 0. The van der Waals surface area contributed by atoms with E-state index in [2.05, 4.69) is 5.10 Å². The van der Waals surface area contributed by atoms with Crippen LogP contribution in [0, 0.1) is 6.92 Å². The van der Waals surface area contributed by atoms with Crippen molar-refractivity contribution in [1.82, 2.24) is 9.78 Å². The van der Waals surface area contributed by atoms with E-state index in [1.807, 2.05) is 25.5 Å². The zero-order valence-electron chi connectivity index (χ0n) is 13.2. The van der Waals surface area contributed by atoms with Gasteiger partial charge in [0, 0.05) is 13.2 Å². The highest BCUT2D eigenvalue weighted by atomic mass is 35.5. The molecule has 0 spiro atoms. The van der Waals surface area contributed by atoms with Crippen LogP contribution in [0.25, 0.3) is 0 Å². The smallest absolute Gasteiger partial charge is 0.170 e. The van der Waals surface area contributed by atoms with E-state index in [0.717, 1.165) is 43.6 Å². The molecule has 1 aliphatic carbocycles. The van der Waals surface area contributed by atoms with Crippen LogP contribution in [0.2, 0.25) is 5.02 Å². The van der Waals surface area contributed by atoms with Crippen LogP contribution in [-0.4, -0.2) is 27.8 Å². The van der Waals surface area contributed by atoms with E-state index in [9.17, 15) is 4.79 Å². The minimum absolute atomic E-state index is 0.153. The van der Waals surface area contributed by atoms with E-state index < -0.39 is 5.60 Å². The van der Waals surface area contributed by atoms with E-state index in [1.54, 1.807) is 0 Å². The van der Waals surface area contributed by atoms with E-state index in [-0.39, 0.29) is 5.78 Å². The van der Waals surface area contributed by atoms with Gasteiger partial charge in [-0.3, -0.25) is 9.48 Å². The van der Waals surface area contributed by atoms with Gasteiger partial charge >= 0.3 is 0 Å². The molecule has 0 unspecified atom stereocenters. The molecule has 0 aliphatic heterocycles. The highest BCUT2D eigenvalue weighted by molar-refractivity contribution is 6.32. The minimum atomic E-state index is -0.604. The third-order valence-electron chi connectivity index (χ3n) is 4.37. The number of hydrogen-bond donors (Lipinski definition) is 0. The fraction of sp³-hybridized carbons (Fsp3) is 0.750. The van der Waals surface area contributed by atoms with Gasteiger partial charge < -0.3 is 4.74 Å². The molecule has 4 nitrogen and oxygen atoms in total. The van der Waals surface area contributed by atoms with Gasteiger partial charge in [-0.25, -0.2) is 0 Å². The summed E-state index contributed by atoms with van der Waals surface area (Å²) in [6.45, 7) is 7.14. The Hall–Kier alpha value is -0.870. The van der Waals surface area contributed by atoms with Crippen LogP contribution in [0.4, 0.5) is 0 Å². The van der Waals surface area contributed by atoms with Crippen molar-refractivity contribution in [2.75, 3.05) is 6.61 Å². The number of aromatic nitrogens is 2. The second kappa shape index (κ2) is 6.93. The quantitative estimate of drug-likeness (QED) is 0.804. The topological polar surface area (TPSA) is 44.1 Å². The molecule has 1 aromatic rings. The number of Topliss-reactive ketones (excluding diaryl/α,β-unsaturated/α-hetero) is 1. The Morgan fingerprint density at radius 1 is 1.33 bits per heavy atom. The van der Waals surface area contributed by atoms with Crippen LogP contribution in [0.1, 0.15) is 57.3 Å². The van der Waals surface area contributed by atoms with Crippen LogP contribution in [0.5, 0.6) is 0 Å². The summed E-state index contributed by atoms with van der Waals surface area (Å²) >= 11 is 6.32. The van der Waals surface area contributed by atoms with Crippen molar-refractivity contribution in [2.24, 2.45) is 0 Å². The molecular weight excluding hydrogens is 288 g/mol. The molecule has 1 saturated carbocycles. The summed E-state index contributed by atoms with van der Waals surface area (Å²) < 4.78 is 7.73. The Morgan fingerprint density at radius 2 is 2.00 bits per heavy atom. The van der Waals surface area contributed by atoms with E-state index >= 15 is 0 Å². The largest absolute Gasteiger partial charge is 0.367 e. The van der Waals surface area contributed by atoms with Gasteiger partial charge in [0.2, 0.25) is 0 Å². The lowest BCUT2D eigenvalue weighted by Crippen LogP contribution is -2.44. The van der Waals surface area contributed by atoms with Gasteiger partial charge in [-0.1, -0.05) is 30.9 Å². The van der Waals surface area contributed by atoms with Crippen LogP contribution >= 0.6 is 11.6 Å². The maximum atomic E-state index is 12.9. The standard InChI is InChI=1S/C16H25ClN2O2/c1-4-19-13(15(17)12(3)18-19)11-14(20)16(21-5-2)9-7-6-8-10-16/h4-11H2,1-3H3. The number of carbonyl (C=O) groups is 1. The van der Waals surface area contributed by atoms with Gasteiger partial charge in [0.1, 0.15) is 5.60 Å². The van der Waals surface area contributed by atoms with Crippen molar-refractivity contribution >= 4 is 17.4 Å². The average Bonchev–Trinajstić information content (AvgIpc) is 2.76. The number of nitrogens with zero attached hydrogens (tertiary/aromatic N) is 2. The van der Waals surface area contributed by atoms with Gasteiger partial charge in [0.25, 0.3) is 0 Å². The summed E-state index contributed by atoms with van der Waals surface area (Å²) in [5.74, 6) is 0.153. The van der Waals surface area contributed by atoms with Crippen LogP contribution in [-0.2, 0) is 22.5 Å². The number of ketones is 1. The maximum absolute atomic E-state index is 12.9. The number of hydrogen-bond acceptors (Lipinski definition) is 3. The SMILES string of the molecule is CCOC1(C(=O)Cc2c(Cl)c(C)nn2CC)CCCCC1. The third kappa shape index (κ3) is 3.32. The lowest BCUT2D eigenvalue weighted by Gasteiger charge is -2.35. The first-order chi connectivity index (χ1) is 10.0. The number of carbonyl (C=O) groups excluding carboxylic acids is 1. The van der Waals surface area contributed by atoms with Crippen molar-refractivity contribution in [3.8, 4) is 0 Å². The zero-order valence-corrected chi connectivity index (χ0v) is 14.0. The molecule has 1 heterocycles. The molecule has 0 amide bonds. The van der Waals surface area contributed by atoms with Crippen molar-refractivity contribution in [3.05, 3.63) is 16.4 Å². The van der Waals surface area contributed by atoms with Gasteiger partial charge in [0.15, 0.2) is 5.78 Å². The van der Waals surface area contributed by atoms with Crippen LogP contribution in [0.15, 0.2) is 0 Å². The van der Waals surface area contributed by atoms with Gasteiger partial charge in [-0.05, 0) is 33.6 Å². The summed E-state index contributed by atoms with van der Waals surface area (Å²) in [6, 6.07) is 0. The first-order valence-corrected chi connectivity index (χ1v) is 8.31. The molecule has 118 valence electrons. The minimum Gasteiger partial charge on any atom is -0.367 e. The highest BCUT2D eigenvalue weighted by Gasteiger charge is 2.40. The van der Waals surface area contributed by atoms with Crippen molar-refractivity contribution in [2.45, 2.75) is 71.4 Å². The predicted octanol–water partition coefficient (Wildman–Crippen LogP) is 3.72. The molecule has 0 aromatic carbocycles. The molecular formula is C16H25ClN2O2. The van der Waals surface area contributed by atoms with Crippen LogP contribution < -0.4 is 0 Å². The number of ether oxygens (including phenoxy) is 1. The fourth-order valence-electron chi connectivity index (χ4n) is 3.25. The molecule has 0 saturated heterocycles. The molecule has 1 aliphatic rings.